The monoisotopic (exact) mass is 916 g/mol. The first-order chi connectivity index (χ1) is 32.3. The fourth-order valence-corrected chi connectivity index (χ4v) is 9.89. The Morgan fingerprint density at radius 2 is 1.00 bits per heavy atom. The molecule has 67 heavy (non-hydrogen) atoms. The van der Waals surface area contributed by atoms with Crippen LogP contribution in [0.1, 0.15) is 99.6 Å². The van der Waals surface area contributed by atoms with Crippen molar-refractivity contribution in [3.05, 3.63) is 119 Å². The Bertz CT molecular complexity index is 2280. The molecule has 2 aliphatic heterocycles. The minimum absolute atomic E-state index is 0.00283. The van der Waals surface area contributed by atoms with E-state index in [2.05, 4.69) is 35.1 Å². The van der Waals surface area contributed by atoms with Crippen LogP contribution in [0, 0.1) is 0 Å². The molecule has 0 aromatic heterocycles. The Labute approximate surface area is 390 Å². The van der Waals surface area contributed by atoms with Crippen molar-refractivity contribution in [1.82, 2.24) is 20.4 Å². The number of likely N-dealkylation sites (tertiary alicyclic amines) is 2. The summed E-state index contributed by atoms with van der Waals surface area (Å²) in [4.78, 5) is 84.0. The largest absolute Gasteiger partial charge is 0.453 e. The molecule has 1 unspecified atom stereocenters. The van der Waals surface area contributed by atoms with Gasteiger partial charge in [0.2, 0.25) is 11.8 Å². The summed E-state index contributed by atoms with van der Waals surface area (Å²) in [7, 11) is 2.39. The highest BCUT2D eigenvalue weighted by atomic mass is 16.5. The molecule has 354 valence electrons. The summed E-state index contributed by atoms with van der Waals surface area (Å²) in [5.74, 6) is -2.09. The Hall–Kier alpha value is -6.78. The minimum Gasteiger partial charge on any atom is -0.453 e. The highest BCUT2D eigenvalue weighted by Crippen LogP contribution is 2.55. The number of carbonyl (C=O) groups is 6. The average Bonchev–Trinajstić information content (AvgIpc) is 4.02. The number of alkyl carbamates (subject to hydrolysis) is 2. The van der Waals surface area contributed by atoms with Crippen LogP contribution in [0.5, 0.6) is 0 Å². The van der Waals surface area contributed by atoms with Crippen molar-refractivity contribution in [2.24, 2.45) is 0 Å². The summed E-state index contributed by atoms with van der Waals surface area (Å²) < 4.78 is 9.61. The van der Waals surface area contributed by atoms with Gasteiger partial charge in [-0.05, 0) is 70.5 Å². The molecule has 16 heteroatoms. The summed E-state index contributed by atoms with van der Waals surface area (Å²) in [6, 6.07) is 24.5. The number of fused-ring (bicyclic) bond motifs is 3. The van der Waals surface area contributed by atoms with Crippen LogP contribution in [0.3, 0.4) is 0 Å². The molecule has 2 saturated heterocycles. The van der Waals surface area contributed by atoms with Crippen LogP contribution in [0.15, 0.2) is 97.1 Å². The Morgan fingerprint density at radius 3 is 1.36 bits per heavy atom. The normalized spacial score (nSPS) is 19.9. The van der Waals surface area contributed by atoms with E-state index in [9.17, 15) is 39.0 Å². The van der Waals surface area contributed by atoms with Crippen molar-refractivity contribution in [3.8, 4) is 11.1 Å². The van der Waals surface area contributed by atoms with Crippen LogP contribution in [0.2, 0.25) is 0 Å². The third-order valence-electron chi connectivity index (χ3n) is 13.2. The zero-order chi connectivity index (χ0) is 47.8. The number of hydrogen-bond acceptors (Lipinski definition) is 10. The molecule has 6 atom stereocenters. The van der Waals surface area contributed by atoms with Gasteiger partial charge in [0.05, 0.1) is 26.4 Å². The van der Waals surface area contributed by atoms with Gasteiger partial charge < -0.3 is 50.8 Å². The number of amides is 6. The van der Waals surface area contributed by atoms with Crippen LogP contribution >= 0.6 is 0 Å². The first-order valence-corrected chi connectivity index (χ1v) is 23.0. The van der Waals surface area contributed by atoms with Crippen LogP contribution in [-0.2, 0) is 34.1 Å². The van der Waals surface area contributed by atoms with E-state index >= 15 is 0 Å². The van der Waals surface area contributed by atoms with E-state index in [1.165, 1.54) is 24.0 Å². The molecule has 7 rings (SSSR count). The second-order valence-electron chi connectivity index (χ2n) is 17.5. The summed E-state index contributed by atoms with van der Waals surface area (Å²) in [6.07, 6.45) is 1.66. The summed E-state index contributed by atoms with van der Waals surface area (Å²) in [6.45, 7) is 4.07. The number of nitrogens with zero attached hydrogens (tertiary/aromatic N) is 2. The third kappa shape index (κ3) is 10.3. The fourth-order valence-electron chi connectivity index (χ4n) is 9.89. The third-order valence-corrected chi connectivity index (χ3v) is 13.2. The molecule has 0 bridgehead atoms. The van der Waals surface area contributed by atoms with E-state index in [0.717, 1.165) is 60.8 Å². The number of rotatable bonds is 16. The highest BCUT2D eigenvalue weighted by Gasteiger charge is 2.46. The molecule has 1 aliphatic carbocycles. The van der Waals surface area contributed by atoms with Crippen molar-refractivity contribution < 1.29 is 48.5 Å². The minimum atomic E-state index is -1.16. The molecule has 16 nitrogen and oxygen atoms in total. The Morgan fingerprint density at radius 1 is 0.612 bits per heavy atom. The summed E-state index contributed by atoms with van der Waals surface area (Å²) in [5.41, 5.74) is 5.55. The number of β-amino-alcohol motifs (C(OH)–C–C–N with tert-alkyl or cyclic N) is 2. The molecule has 4 aromatic rings. The van der Waals surface area contributed by atoms with Crippen molar-refractivity contribution in [3.63, 3.8) is 0 Å². The number of methoxy groups -OCH3 is 2. The summed E-state index contributed by atoms with van der Waals surface area (Å²) >= 11 is 0. The molecule has 6 amide bonds. The SMILES string of the molecule is CCCCC1(CCCC)c2cc(NC(=O)[C@@H]3C[C@@H](O)CN3C(=O)C(NC(=O)OC)c3ccccc3)ccc2-c2ccc(NC(=O)[C@@H]3C[C@@H](O)CN3C(=O)[C@H](NC(=O)OC)c3ccccc3)cc21. The second kappa shape index (κ2) is 21.2. The van der Waals surface area contributed by atoms with Crippen molar-refractivity contribution >= 4 is 47.2 Å². The van der Waals surface area contributed by atoms with Crippen LogP contribution in [0.25, 0.3) is 11.1 Å². The maximum absolute atomic E-state index is 14.2. The molecule has 6 N–H and O–H groups in total. The van der Waals surface area contributed by atoms with Gasteiger partial charge in [-0.1, -0.05) is 112 Å². The fraction of sp³-hybridized carbons (Fsp3) is 0.412. The standard InChI is InChI=1S/C51H60N6O10/c1-5-7-23-51(24-8-6-2)39-25-33(52-45(60)41-27-35(58)29-56(41)47(62)43(54-49(64)66-3)31-15-11-9-12-16-31)19-21-37(39)38-22-20-34(26-40(38)51)53-46(61)42-28-36(59)30-57(42)48(63)44(55-50(65)67-4)32-17-13-10-14-18-32/h9-22,25-26,35-36,41-44,58-59H,5-8,23-24,27-30H2,1-4H3,(H,52,60)(H,53,61)(H,54,64)(H,55,65)/t35-,36-,41+,42+,43-,44?/m1/s1. The molecule has 3 aliphatic rings. The number of hydrogen-bond donors (Lipinski definition) is 6. The highest BCUT2D eigenvalue weighted by molar-refractivity contribution is 6.01. The average molecular weight is 917 g/mol. The zero-order valence-electron chi connectivity index (χ0n) is 38.3. The molecule has 2 fully saturated rings. The van der Waals surface area contributed by atoms with E-state index in [1.54, 1.807) is 60.7 Å². The molecule has 0 radical (unpaired) electrons. The van der Waals surface area contributed by atoms with Crippen LogP contribution in [0.4, 0.5) is 21.0 Å². The number of anilines is 2. The molecule has 2 heterocycles. The van der Waals surface area contributed by atoms with Crippen molar-refractivity contribution in [2.75, 3.05) is 37.9 Å². The lowest BCUT2D eigenvalue weighted by molar-refractivity contribution is -0.138. The lowest BCUT2D eigenvalue weighted by atomic mass is 9.70. The number of benzene rings is 4. The first kappa shape index (κ1) is 48.2. The van der Waals surface area contributed by atoms with E-state index in [4.69, 9.17) is 9.47 Å². The second-order valence-corrected chi connectivity index (χ2v) is 17.5. The van der Waals surface area contributed by atoms with E-state index in [-0.39, 0.29) is 25.9 Å². The van der Waals surface area contributed by atoms with Gasteiger partial charge in [-0.15, -0.1) is 0 Å². The maximum Gasteiger partial charge on any atom is 0.407 e. The predicted molar refractivity (Wildman–Crippen MR) is 251 cm³/mol. The van der Waals surface area contributed by atoms with Gasteiger partial charge in [0, 0.05) is 42.7 Å². The van der Waals surface area contributed by atoms with E-state index < -0.39 is 77.6 Å². The Kier molecular flexibility index (Phi) is 15.3. The van der Waals surface area contributed by atoms with Gasteiger partial charge in [0.15, 0.2) is 0 Å². The van der Waals surface area contributed by atoms with Gasteiger partial charge in [-0.2, -0.15) is 0 Å². The molecular weight excluding hydrogens is 857 g/mol. The topological polar surface area (TPSA) is 216 Å². The number of aliphatic hydroxyl groups excluding tert-OH is 2. The Balaban J connectivity index is 1.15. The van der Waals surface area contributed by atoms with Gasteiger partial charge in [-0.25, -0.2) is 9.59 Å². The molecule has 4 aromatic carbocycles. The van der Waals surface area contributed by atoms with Crippen LogP contribution < -0.4 is 21.3 Å². The summed E-state index contributed by atoms with van der Waals surface area (Å²) in [5, 5.41) is 32.9. The number of ether oxygens (including phenoxy) is 2. The number of nitrogens with one attached hydrogen (secondary N) is 4. The quantitative estimate of drug-likeness (QED) is 0.0735. The van der Waals surface area contributed by atoms with Crippen molar-refractivity contribution in [2.45, 2.75) is 107 Å². The van der Waals surface area contributed by atoms with Gasteiger partial charge >= 0.3 is 12.2 Å². The van der Waals surface area contributed by atoms with E-state index in [0.29, 0.717) is 22.5 Å². The lowest BCUT2D eigenvalue weighted by Crippen LogP contribution is -2.48. The number of carbonyl (C=O) groups excluding carboxylic acids is 6. The lowest BCUT2D eigenvalue weighted by Gasteiger charge is -2.33. The van der Waals surface area contributed by atoms with Gasteiger partial charge in [0.1, 0.15) is 24.2 Å². The van der Waals surface area contributed by atoms with Crippen LogP contribution in [-0.4, -0.2) is 107 Å². The zero-order valence-corrected chi connectivity index (χ0v) is 38.3. The predicted octanol–water partition coefficient (Wildman–Crippen LogP) is 6.33. The van der Waals surface area contributed by atoms with Gasteiger partial charge in [-0.3, -0.25) is 19.2 Å². The first-order valence-electron chi connectivity index (χ1n) is 23.0. The van der Waals surface area contributed by atoms with E-state index in [1.807, 2.05) is 36.4 Å². The molecule has 0 saturated carbocycles. The molecule has 0 spiro atoms. The smallest absolute Gasteiger partial charge is 0.407 e. The molecular formula is C51H60N6O10. The number of aliphatic hydroxyl groups is 2. The van der Waals surface area contributed by atoms with Crippen molar-refractivity contribution in [1.29, 1.82) is 0 Å². The maximum atomic E-state index is 14.2. The number of unbranched alkanes of at least 4 members (excludes halogenated alkanes) is 2. The van der Waals surface area contributed by atoms with Gasteiger partial charge in [0.25, 0.3) is 11.8 Å².